The van der Waals surface area contributed by atoms with Crippen LogP contribution >= 0.6 is 0 Å². The Balaban J connectivity index is 2.33. The average Bonchev–Trinajstić information content (AvgIpc) is 2.95. The number of carboxylic acids is 1. The zero-order chi connectivity index (χ0) is 12.7. The molecule has 1 aliphatic rings. The lowest BCUT2D eigenvalue weighted by Crippen LogP contribution is -2.19. The number of rotatable bonds is 4. The number of anilines is 1. The van der Waals surface area contributed by atoms with Crippen LogP contribution in [0.15, 0.2) is 24.3 Å². The maximum absolute atomic E-state index is 11.1. The molecule has 0 radical (unpaired) electrons. The van der Waals surface area contributed by atoms with Crippen LogP contribution in [-0.4, -0.2) is 25.7 Å². The van der Waals surface area contributed by atoms with Crippen molar-refractivity contribution < 1.29 is 18.3 Å². The Morgan fingerprint density at radius 3 is 2.53 bits per heavy atom. The molecule has 0 atom stereocenters. The predicted octanol–water partition coefficient (Wildman–Crippen LogP) is 1.17. The van der Waals surface area contributed by atoms with Crippen molar-refractivity contribution in [2.75, 3.05) is 11.0 Å². The van der Waals surface area contributed by atoms with Gasteiger partial charge in [0.1, 0.15) is 0 Å². The highest BCUT2D eigenvalue weighted by Crippen LogP contribution is 2.48. The fourth-order valence-electron chi connectivity index (χ4n) is 1.85. The molecule has 1 saturated carbocycles. The monoisotopic (exact) mass is 255 g/mol. The Morgan fingerprint density at radius 1 is 1.41 bits per heavy atom. The van der Waals surface area contributed by atoms with Gasteiger partial charge in [0.05, 0.1) is 11.7 Å². The van der Waals surface area contributed by atoms with Gasteiger partial charge in [0.25, 0.3) is 0 Å². The van der Waals surface area contributed by atoms with E-state index in [1.54, 1.807) is 24.3 Å². The van der Waals surface area contributed by atoms with Gasteiger partial charge in [-0.1, -0.05) is 12.1 Å². The first-order chi connectivity index (χ1) is 7.83. The summed E-state index contributed by atoms with van der Waals surface area (Å²) in [6.45, 7) is 0. The van der Waals surface area contributed by atoms with Crippen LogP contribution in [0.4, 0.5) is 5.69 Å². The minimum Gasteiger partial charge on any atom is -0.481 e. The summed E-state index contributed by atoms with van der Waals surface area (Å²) in [5.74, 6) is -0.853. The Labute approximate surface area is 99.5 Å². The summed E-state index contributed by atoms with van der Waals surface area (Å²) in [7, 11) is -3.34. The Kier molecular flexibility index (Phi) is 2.61. The largest absolute Gasteiger partial charge is 0.481 e. The van der Waals surface area contributed by atoms with Crippen LogP contribution in [0.25, 0.3) is 0 Å². The molecular formula is C11H13NO4S. The molecule has 5 nitrogen and oxygen atoms in total. The van der Waals surface area contributed by atoms with E-state index in [1.165, 1.54) is 0 Å². The lowest BCUT2D eigenvalue weighted by Gasteiger charge is -2.12. The van der Waals surface area contributed by atoms with Crippen molar-refractivity contribution in [1.82, 2.24) is 0 Å². The molecule has 2 N–H and O–H groups in total. The summed E-state index contributed by atoms with van der Waals surface area (Å²) in [6.07, 6.45) is 2.26. The van der Waals surface area contributed by atoms with Gasteiger partial charge in [-0.2, -0.15) is 0 Å². The normalized spacial score (nSPS) is 17.5. The van der Waals surface area contributed by atoms with Crippen molar-refractivity contribution >= 4 is 21.7 Å². The lowest BCUT2D eigenvalue weighted by atomic mass is 9.96. The van der Waals surface area contributed by atoms with Crippen LogP contribution in [-0.2, 0) is 20.2 Å². The van der Waals surface area contributed by atoms with Gasteiger partial charge in [-0.15, -0.1) is 0 Å². The van der Waals surface area contributed by atoms with Gasteiger partial charge in [-0.3, -0.25) is 9.52 Å². The highest BCUT2D eigenvalue weighted by molar-refractivity contribution is 7.92. The second-order valence-corrected chi connectivity index (χ2v) is 6.09. The third-order valence-electron chi connectivity index (χ3n) is 2.88. The van der Waals surface area contributed by atoms with E-state index >= 15 is 0 Å². The van der Waals surface area contributed by atoms with E-state index in [2.05, 4.69) is 4.72 Å². The quantitative estimate of drug-likeness (QED) is 0.846. The van der Waals surface area contributed by atoms with E-state index < -0.39 is 21.4 Å². The smallest absolute Gasteiger partial charge is 0.314 e. The van der Waals surface area contributed by atoms with Crippen molar-refractivity contribution in [3.05, 3.63) is 29.8 Å². The average molecular weight is 255 g/mol. The Bertz CT molecular complexity index is 561. The van der Waals surface area contributed by atoms with Gasteiger partial charge in [-0.25, -0.2) is 8.42 Å². The van der Waals surface area contributed by atoms with Gasteiger partial charge in [0, 0.05) is 5.69 Å². The molecule has 0 amide bonds. The van der Waals surface area contributed by atoms with E-state index in [9.17, 15) is 13.2 Å². The fourth-order valence-corrected chi connectivity index (χ4v) is 2.40. The first kappa shape index (κ1) is 11.9. The predicted molar refractivity (Wildman–Crippen MR) is 63.5 cm³/mol. The molecule has 1 aliphatic carbocycles. The molecule has 1 fully saturated rings. The molecule has 6 heteroatoms. The summed E-state index contributed by atoms with van der Waals surface area (Å²) in [5, 5.41) is 9.14. The summed E-state index contributed by atoms with van der Waals surface area (Å²) in [5.41, 5.74) is 0.242. The van der Waals surface area contributed by atoms with E-state index in [-0.39, 0.29) is 0 Å². The zero-order valence-corrected chi connectivity index (χ0v) is 10.1. The molecule has 17 heavy (non-hydrogen) atoms. The topological polar surface area (TPSA) is 83.5 Å². The number of hydrogen-bond donors (Lipinski definition) is 2. The SMILES string of the molecule is CS(=O)(=O)Nc1cccc(C2(C(=O)O)CC2)c1. The maximum atomic E-state index is 11.1. The van der Waals surface area contributed by atoms with Crippen LogP contribution in [0.3, 0.4) is 0 Å². The highest BCUT2D eigenvalue weighted by atomic mass is 32.2. The van der Waals surface area contributed by atoms with E-state index in [0.29, 0.717) is 24.1 Å². The van der Waals surface area contributed by atoms with Crippen molar-refractivity contribution in [1.29, 1.82) is 0 Å². The maximum Gasteiger partial charge on any atom is 0.314 e. The van der Waals surface area contributed by atoms with Crippen LogP contribution in [0, 0.1) is 0 Å². The zero-order valence-electron chi connectivity index (χ0n) is 9.30. The third-order valence-corrected chi connectivity index (χ3v) is 3.48. The van der Waals surface area contributed by atoms with Gasteiger partial charge in [-0.05, 0) is 30.5 Å². The van der Waals surface area contributed by atoms with Gasteiger partial charge >= 0.3 is 5.97 Å². The van der Waals surface area contributed by atoms with E-state index in [4.69, 9.17) is 5.11 Å². The molecule has 2 rings (SSSR count). The molecule has 1 aromatic rings. The van der Waals surface area contributed by atoms with Crippen molar-refractivity contribution in [2.45, 2.75) is 18.3 Å². The van der Waals surface area contributed by atoms with Crippen LogP contribution in [0.2, 0.25) is 0 Å². The van der Waals surface area contributed by atoms with E-state index in [0.717, 1.165) is 6.26 Å². The first-order valence-corrected chi connectivity index (χ1v) is 7.04. The highest BCUT2D eigenvalue weighted by Gasteiger charge is 2.51. The number of aliphatic carboxylic acids is 1. The molecule has 92 valence electrons. The van der Waals surface area contributed by atoms with Gasteiger partial charge < -0.3 is 5.11 Å². The molecular weight excluding hydrogens is 242 g/mol. The molecule has 0 aromatic heterocycles. The molecule has 0 heterocycles. The molecule has 0 unspecified atom stereocenters. The van der Waals surface area contributed by atoms with Gasteiger partial charge in [0.2, 0.25) is 10.0 Å². The molecule has 0 bridgehead atoms. The van der Waals surface area contributed by atoms with E-state index in [1.807, 2.05) is 0 Å². The van der Waals surface area contributed by atoms with Crippen molar-refractivity contribution in [3.8, 4) is 0 Å². The second kappa shape index (κ2) is 3.73. The lowest BCUT2D eigenvalue weighted by molar-refractivity contribution is -0.140. The van der Waals surface area contributed by atoms with Crippen LogP contribution in [0.1, 0.15) is 18.4 Å². The minimum absolute atomic E-state index is 0.400. The number of nitrogens with one attached hydrogen (secondary N) is 1. The number of hydrogen-bond acceptors (Lipinski definition) is 3. The van der Waals surface area contributed by atoms with Gasteiger partial charge in [0.15, 0.2) is 0 Å². The summed E-state index contributed by atoms with van der Waals surface area (Å²) in [6, 6.07) is 6.56. The second-order valence-electron chi connectivity index (χ2n) is 4.34. The Morgan fingerprint density at radius 2 is 2.06 bits per heavy atom. The number of carboxylic acid groups (broad SMARTS) is 1. The summed E-state index contributed by atoms with van der Waals surface area (Å²) >= 11 is 0. The minimum atomic E-state index is -3.34. The van der Waals surface area contributed by atoms with Crippen molar-refractivity contribution in [2.24, 2.45) is 0 Å². The Hall–Kier alpha value is -1.56. The first-order valence-electron chi connectivity index (χ1n) is 5.15. The molecule has 0 spiro atoms. The summed E-state index contributed by atoms with van der Waals surface area (Å²) in [4.78, 5) is 11.1. The van der Waals surface area contributed by atoms with Crippen molar-refractivity contribution in [3.63, 3.8) is 0 Å². The fraction of sp³-hybridized carbons (Fsp3) is 0.364. The van der Waals surface area contributed by atoms with Crippen LogP contribution in [0.5, 0.6) is 0 Å². The standard InChI is InChI=1S/C11H13NO4S/c1-17(15,16)12-9-4-2-3-8(7-9)11(5-6-11)10(13)14/h2-4,7,12H,5-6H2,1H3,(H,13,14). The van der Waals surface area contributed by atoms with Crippen LogP contribution < -0.4 is 4.72 Å². The summed E-state index contributed by atoms with van der Waals surface area (Å²) < 4.78 is 24.5. The molecule has 0 aliphatic heterocycles. The number of carbonyl (C=O) groups is 1. The number of benzene rings is 1. The molecule has 0 saturated heterocycles. The number of sulfonamides is 1. The molecule has 1 aromatic carbocycles. The third kappa shape index (κ3) is 2.41.